The maximum absolute atomic E-state index is 12.9. The lowest BCUT2D eigenvalue weighted by molar-refractivity contribution is -0.393. The summed E-state index contributed by atoms with van der Waals surface area (Å²) in [7, 11) is 0. The molecule has 0 bridgehead atoms. The zero-order chi connectivity index (χ0) is 24.1. The van der Waals surface area contributed by atoms with Gasteiger partial charge in [-0.1, -0.05) is 59.6 Å². The number of aromatic nitrogens is 1. The summed E-state index contributed by atoms with van der Waals surface area (Å²) in [6.07, 6.45) is 1.33. The number of halogens is 2. The number of carbonyl (C=O) groups excluding carboxylic acids is 1. The Labute approximate surface area is 196 Å². The van der Waals surface area contributed by atoms with Crippen molar-refractivity contribution < 1.29 is 24.5 Å². The Morgan fingerprint density at radius 1 is 1.00 bits per heavy atom. The molecule has 2 aromatic carbocycles. The molecule has 0 saturated heterocycles. The van der Waals surface area contributed by atoms with Crippen molar-refractivity contribution in [1.29, 1.82) is 0 Å². The van der Waals surface area contributed by atoms with Crippen LogP contribution in [0.1, 0.15) is 16.8 Å². The predicted molar refractivity (Wildman–Crippen MR) is 120 cm³/mol. The lowest BCUT2D eigenvalue weighted by atomic mass is 10.0. The molecule has 12 heteroatoms. The number of nitro groups is 2. The molecule has 0 atom stereocenters. The highest BCUT2D eigenvalue weighted by molar-refractivity contribution is 6.41. The van der Waals surface area contributed by atoms with Gasteiger partial charge in [0.25, 0.3) is 5.69 Å². The Morgan fingerprint density at radius 2 is 1.67 bits per heavy atom. The Kier molecular flexibility index (Phi) is 7.21. The van der Waals surface area contributed by atoms with E-state index in [1.54, 1.807) is 36.4 Å². The van der Waals surface area contributed by atoms with Gasteiger partial charge in [-0.2, -0.15) is 0 Å². The molecule has 0 radical (unpaired) electrons. The smallest absolute Gasteiger partial charge is 0.344 e. The first-order valence-corrected chi connectivity index (χ1v) is 9.84. The number of nitrogens with zero attached hydrogens (tertiary/aromatic N) is 3. The maximum Gasteiger partial charge on any atom is 0.344 e. The van der Waals surface area contributed by atoms with E-state index in [9.17, 15) is 30.1 Å². The quantitative estimate of drug-likeness (QED) is 0.153. The SMILES string of the molecule is O=C(OCc1ccccc1)/C(=C(/O)c1cc([N+](=O)[O-])c(Cl)c([N+](=O)[O-])c1Cl)c1ccccn1. The molecule has 1 aromatic heterocycles. The average molecular weight is 490 g/mol. The van der Waals surface area contributed by atoms with Crippen molar-refractivity contribution in [3.63, 3.8) is 0 Å². The minimum atomic E-state index is -1.04. The first-order chi connectivity index (χ1) is 15.7. The fourth-order valence-electron chi connectivity index (χ4n) is 2.84. The number of ether oxygens (including phenoxy) is 1. The number of benzene rings is 2. The van der Waals surface area contributed by atoms with Gasteiger partial charge >= 0.3 is 11.7 Å². The third kappa shape index (κ3) is 5.08. The number of aliphatic hydroxyl groups is 1. The normalized spacial score (nSPS) is 11.5. The Hall–Kier alpha value is -4.02. The van der Waals surface area contributed by atoms with Crippen LogP contribution in [0.25, 0.3) is 11.3 Å². The number of hydrogen-bond acceptors (Lipinski definition) is 8. The van der Waals surface area contributed by atoms with E-state index in [0.29, 0.717) is 5.56 Å². The standard InChI is InChI=1S/C21H13Cl2N3O7/c22-17-13(10-15(25(29)30)18(23)19(17)26(31)32)20(27)16(14-8-4-5-9-24-14)21(28)33-11-12-6-2-1-3-7-12/h1-10,27H,11H2/b20-16+. The van der Waals surface area contributed by atoms with Crippen molar-refractivity contribution in [2.24, 2.45) is 0 Å². The van der Waals surface area contributed by atoms with Gasteiger partial charge < -0.3 is 9.84 Å². The summed E-state index contributed by atoms with van der Waals surface area (Å²) < 4.78 is 5.27. The summed E-state index contributed by atoms with van der Waals surface area (Å²) in [5, 5.41) is 32.2. The van der Waals surface area contributed by atoms with Crippen LogP contribution >= 0.6 is 23.2 Å². The van der Waals surface area contributed by atoms with Crippen LogP contribution in [0.15, 0.2) is 60.8 Å². The Bertz CT molecular complexity index is 1270. The van der Waals surface area contributed by atoms with Crippen LogP contribution in [0.5, 0.6) is 0 Å². The fraction of sp³-hybridized carbons (Fsp3) is 0.0476. The Morgan fingerprint density at radius 3 is 2.24 bits per heavy atom. The monoisotopic (exact) mass is 489 g/mol. The molecule has 0 aliphatic heterocycles. The molecule has 0 amide bonds. The number of carbonyl (C=O) groups is 1. The molecule has 3 aromatic rings. The highest BCUT2D eigenvalue weighted by Gasteiger charge is 2.33. The lowest BCUT2D eigenvalue weighted by Crippen LogP contribution is -2.11. The summed E-state index contributed by atoms with van der Waals surface area (Å²) in [4.78, 5) is 37.7. The van der Waals surface area contributed by atoms with Crippen molar-refractivity contribution in [3.8, 4) is 0 Å². The summed E-state index contributed by atoms with van der Waals surface area (Å²) in [6.45, 7) is -0.155. The molecule has 0 saturated carbocycles. The molecule has 0 fully saturated rings. The molecular weight excluding hydrogens is 477 g/mol. The van der Waals surface area contributed by atoms with E-state index in [1.807, 2.05) is 0 Å². The van der Waals surface area contributed by atoms with Gasteiger partial charge in [0.15, 0.2) is 5.02 Å². The van der Waals surface area contributed by atoms with E-state index in [0.717, 1.165) is 6.07 Å². The van der Waals surface area contributed by atoms with Crippen molar-refractivity contribution >= 4 is 51.9 Å². The molecule has 0 unspecified atom stereocenters. The number of esters is 1. The summed E-state index contributed by atoms with van der Waals surface area (Å²) in [5.74, 6) is -1.94. The van der Waals surface area contributed by atoms with Crippen molar-refractivity contribution in [2.75, 3.05) is 0 Å². The highest BCUT2D eigenvalue weighted by Crippen LogP contribution is 2.44. The van der Waals surface area contributed by atoms with Crippen LogP contribution in [-0.2, 0) is 16.1 Å². The Balaban J connectivity index is 2.19. The van der Waals surface area contributed by atoms with Crippen LogP contribution in [0.3, 0.4) is 0 Å². The van der Waals surface area contributed by atoms with Crippen LogP contribution in [-0.4, -0.2) is 25.9 Å². The van der Waals surface area contributed by atoms with Gasteiger partial charge in [0.05, 0.1) is 15.5 Å². The van der Waals surface area contributed by atoms with Gasteiger partial charge in [-0.15, -0.1) is 0 Å². The van der Waals surface area contributed by atoms with Crippen LogP contribution < -0.4 is 0 Å². The number of nitro benzene ring substituents is 2. The predicted octanol–water partition coefficient (Wildman–Crippen LogP) is 5.37. The molecule has 33 heavy (non-hydrogen) atoms. The van der Waals surface area contributed by atoms with E-state index in [1.165, 1.54) is 18.3 Å². The number of rotatable bonds is 7. The molecule has 1 N–H and O–H groups in total. The molecule has 1 heterocycles. The molecule has 0 aliphatic carbocycles. The second-order valence-corrected chi connectivity index (χ2v) is 7.19. The lowest BCUT2D eigenvalue weighted by Gasteiger charge is -2.12. The zero-order valence-corrected chi connectivity index (χ0v) is 18.0. The van der Waals surface area contributed by atoms with Gasteiger partial charge in [-0.3, -0.25) is 25.2 Å². The first-order valence-electron chi connectivity index (χ1n) is 9.09. The van der Waals surface area contributed by atoms with E-state index < -0.39 is 54.1 Å². The number of pyridine rings is 1. The van der Waals surface area contributed by atoms with Gasteiger partial charge in [0.1, 0.15) is 23.0 Å². The summed E-state index contributed by atoms with van der Waals surface area (Å²) >= 11 is 11.9. The van der Waals surface area contributed by atoms with Crippen LogP contribution in [0.2, 0.25) is 10.0 Å². The molecule has 168 valence electrons. The fourth-order valence-corrected chi connectivity index (χ4v) is 3.48. The van der Waals surface area contributed by atoms with Crippen LogP contribution in [0.4, 0.5) is 11.4 Å². The van der Waals surface area contributed by atoms with Gasteiger partial charge in [-0.25, -0.2) is 4.79 Å². The second kappa shape index (κ2) is 10.1. The summed E-state index contributed by atoms with van der Waals surface area (Å²) in [5.41, 5.74) is -2.33. The van der Waals surface area contributed by atoms with Gasteiger partial charge in [0.2, 0.25) is 0 Å². The van der Waals surface area contributed by atoms with Gasteiger partial charge in [0, 0.05) is 17.8 Å². The molecule has 0 spiro atoms. The molecular formula is C21H13Cl2N3O7. The van der Waals surface area contributed by atoms with Crippen LogP contribution in [0, 0.1) is 20.2 Å². The van der Waals surface area contributed by atoms with E-state index >= 15 is 0 Å². The van der Waals surface area contributed by atoms with E-state index in [-0.39, 0.29) is 12.3 Å². The number of hydrogen-bond donors (Lipinski definition) is 1. The van der Waals surface area contributed by atoms with E-state index in [2.05, 4.69) is 4.98 Å². The average Bonchev–Trinajstić information content (AvgIpc) is 2.79. The largest absolute Gasteiger partial charge is 0.506 e. The first kappa shape index (κ1) is 23.6. The highest BCUT2D eigenvalue weighted by atomic mass is 35.5. The van der Waals surface area contributed by atoms with Crippen molar-refractivity contribution in [1.82, 2.24) is 4.98 Å². The van der Waals surface area contributed by atoms with Gasteiger partial charge in [-0.05, 0) is 17.7 Å². The minimum Gasteiger partial charge on any atom is -0.506 e. The zero-order valence-electron chi connectivity index (χ0n) is 16.5. The minimum absolute atomic E-state index is 0.0515. The van der Waals surface area contributed by atoms with Crippen molar-refractivity contribution in [2.45, 2.75) is 6.61 Å². The third-order valence-electron chi connectivity index (χ3n) is 4.37. The maximum atomic E-state index is 12.9. The third-order valence-corrected chi connectivity index (χ3v) is 5.12. The number of aliphatic hydroxyl groups excluding tert-OH is 1. The molecule has 10 nitrogen and oxygen atoms in total. The summed E-state index contributed by atoms with van der Waals surface area (Å²) in [6, 6.07) is 13.9. The second-order valence-electron chi connectivity index (χ2n) is 6.43. The topological polar surface area (TPSA) is 146 Å². The molecule has 3 rings (SSSR count). The van der Waals surface area contributed by atoms with E-state index in [4.69, 9.17) is 27.9 Å². The molecule has 0 aliphatic rings. The van der Waals surface area contributed by atoms with Crippen molar-refractivity contribution in [3.05, 3.63) is 108 Å².